The molecule has 104 valence electrons. The number of halogens is 1. The molecular weight excluding hydrogens is 261 g/mol. The first-order valence-electron chi connectivity index (χ1n) is 6.87. The molecule has 1 aliphatic rings. The molecule has 1 aromatic rings. The number of hydrogen-bond acceptors (Lipinski definition) is 2. The zero-order chi connectivity index (χ0) is 13.5. The van der Waals surface area contributed by atoms with Crippen LogP contribution < -0.4 is 5.32 Å². The van der Waals surface area contributed by atoms with E-state index < -0.39 is 0 Å². The summed E-state index contributed by atoms with van der Waals surface area (Å²) in [7, 11) is 0. The number of amides is 1. The molecule has 4 heteroatoms. The van der Waals surface area contributed by atoms with Crippen molar-refractivity contribution in [2.75, 3.05) is 12.3 Å². The van der Waals surface area contributed by atoms with Crippen LogP contribution in [0.25, 0.3) is 0 Å². The second-order valence-corrected chi connectivity index (χ2v) is 6.34. The van der Waals surface area contributed by atoms with Crippen molar-refractivity contribution in [3.05, 3.63) is 35.6 Å². The van der Waals surface area contributed by atoms with Gasteiger partial charge in [-0.05, 0) is 30.5 Å². The smallest absolute Gasteiger partial charge is 0.224 e. The summed E-state index contributed by atoms with van der Waals surface area (Å²) in [6.07, 6.45) is 5.69. The van der Waals surface area contributed by atoms with Gasteiger partial charge in [0.05, 0.1) is 6.42 Å². The molecule has 1 aromatic carbocycles. The molecule has 0 aliphatic heterocycles. The van der Waals surface area contributed by atoms with Gasteiger partial charge in [-0.3, -0.25) is 4.79 Å². The molecule has 0 heterocycles. The lowest BCUT2D eigenvalue weighted by Gasteiger charge is -2.09. The number of nitrogens with one attached hydrogen (secondary N) is 1. The van der Waals surface area contributed by atoms with E-state index >= 15 is 0 Å². The van der Waals surface area contributed by atoms with Gasteiger partial charge in [-0.2, -0.15) is 11.8 Å². The molecule has 0 bridgehead atoms. The van der Waals surface area contributed by atoms with Crippen molar-refractivity contribution in [2.24, 2.45) is 0 Å². The van der Waals surface area contributed by atoms with E-state index in [0.717, 1.165) is 23.1 Å². The second-order valence-electron chi connectivity index (χ2n) is 4.93. The van der Waals surface area contributed by atoms with E-state index in [9.17, 15) is 9.18 Å². The quantitative estimate of drug-likeness (QED) is 0.812. The Labute approximate surface area is 118 Å². The zero-order valence-corrected chi connectivity index (χ0v) is 11.8. The second kappa shape index (κ2) is 7.53. The first kappa shape index (κ1) is 14.4. The summed E-state index contributed by atoms with van der Waals surface area (Å²) in [5, 5.41) is 3.72. The van der Waals surface area contributed by atoms with E-state index in [1.54, 1.807) is 12.1 Å². The van der Waals surface area contributed by atoms with Crippen LogP contribution in [-0.4, -0.2) is 23.5 Å². The molecular formula is C15H20FNOS. The van der Waals surface area contributed by atoms with Gasteiger partial charge in [0.2, 0.25) is 5.91 Å². The molecule has 2 nitrogen and oxygen atoms in total. The van der Waals surface area contributed by atoms with Crippen LogP contribution in [0.2, 0.25) is 0 Å². The lowest BCUT2D eigenvalue weighted by atomic mass is 10.1. The van der Waals surface area contributed by atoms with Crippen molar-refractivity contribution >= 4 is 17.7 Å². The Bertz CT molecular complexity index is 401. The maximum absolute atomic E-state index is 12.7. The number of thioether (sulfide) groups is 1. The van der Waals surface area contributed by atoms with Gasteiger partial charge < -0.3 is 5.32 Å². The van der Waals surface area contributed by atoms with Crippen molar-refractivity contribution in [1.29, 1.82) is 0 Å². The van der Waals surface area contributed by atoms with Gasteiger partial charge in [0, 0.05) is 17.5 Å². The predicted octanol–water partition coefficient (Wildman–Crippen LogP) is 3.16. The van der Waals surface area contributed by atoms with E-state index in [1.807, 2.05) is 11.8 Å². The lowest BCUT2D eigenvalue weighted by Crippen LogP contribution is -2.27. The number of hydrogen-bond donors (Lipinski definition) is 1. The number of carbonyl (C=O) groups excluding carboxylic acids is 1. The van der Waals surface area contributed by atoms with Gasteiger partial charge in [0.25, 0.3) is 0 Å². The molecule has 0 aromatic heterocycles. The molecule has 0 radical (unpaired) electrons. The van der Waals surface area contributed by atoms with Crippen molar-refractivity contribution in [2.45, 2.75) is 37.4 Å². The minimum atomic E-state index is -0.267. The topological polar surface area (TPSA) is 29.1 Å². The fraction of sp³-hybridized carbons (Fsp3) is 0.533. The highest BCUT2D eigenvalue weighted by atomic mass is 32.2. The summed E-state index contributed by atoms with van der Waals surface area (Å²) in [6.45, 7) is 0.723. The highest BCUT2D eigenvalue weighted by molar-refractivity contribution is 7.99. The van der Waals surface area contributed by atoms with Crippen LogP contribution in [0.5, 0.6) is 0 Å². The van der Waals surface area contributed by atoms with Crippen LogP contribution in [0.15, 0.2) is 24.3 Å². The van der Waals surface area contributed by atoms with E-state index in [-0.39, 0.29) is 11.7 Å². The van der Waals surface area contributed by atoms with Crippen LogP contribution in [0, 0.1) is 5.82 Å². The molecule has 0 saturated heterocycles. The van der Waals surface area contributed by atoms with Crippen molar-refractivity contribution in [3.63, 3.8) is 0 Å². The average molecular weight is 281 g/mol. The number of carbonyl (C=O) groups is 1. The van der Waals surface area contributed by atoms with Crippen LogP contribution in [0.4, 0.5) is 4.39 Å². The monoisotopic (exact) mass is 281 g/mol. The fourth-order valence-electron chi connectivity index (χ4n) is 2.32. The predicted molar refractivity (Wildman–Crippen MR) is 77.8 cm³/mol. The summed E-state index contributed by atoms with van der Waals surface area (Å²) in [6, 6.07) is 6.08. The summed E-state index contributed by atoms with van der Waals surface area (Å²) >= 11 is 1.97. The maximum Gasteiger partial charge on any atom is 0.224 e. The third kappa shape index (κ3) is 5.23. The summed E-state index contributed by atoms with van der Waals surface area (Å²) in [5.41, 5.74) is 0.849. The van der Waals surface area contributed by atoms with Crippen LogP contribution in [0.1, 0.15) is 31.2 Å². The molecule has 0 unspecified atom stereocenters. The van der Waals surface area contributed by atoms with Gasteiger partial charge in [-0.15, -0.1) is 0 Å². The Morgan fingerprint density at radius 1 is 1.26 bits per heavy atom. The van der Waals surface area contributed by atoms with Crippen molar-refractivity contribution in [3.8, 4) is 0 Å². The molecule has 2 rings (SSSR count). The Hall–Kier alpha value is -1.03. The van der Waals surface area contributed by atoms with Gasteiger partial charge in [-0.1, -0.05) is 25.0 Å². The summed E-state index contributed by atoms with van der Waals surface area (Å²) in [5.74, 6) is 0.732. The zero-order valence-electron chi connectivity index (χ0n) is 11.0. The van der Waals surface area contributed by atoms with Crippen molar-refractivity contribution in [1.82, 2.24) is 5.32 Å². The standard InChI is InChI=1S/C15H20FNOS/c16-13-7-5-12(6-8-13)11-15(18)17-9-10-19-14-3-1-2-4-14/h5-8,14H,1-4,9-11H2,(H,17,18). The first-order valence-corrected chi connectivity index (χ1v) is 7.91. The third-order valence-corrected chi connectivity index (χ3v) is 4.74. The normalized spacial score (nSPS) is 15.6. The first-order chi connectivity index (χ1) is 9.24. The molecule has 1 N–H and O–H groups in total. The Balaban J connectivity index is 1.60. The number of benzene rings is 1. The van der Waals surface area contributed by atoms with E-state index in [1.165, 1.54) is 37.8 Å². The number of rotatable bonds is 6. The summed E-state index contributed by atoms with van der Waals surface area (Å²) < 4.78 is 12.7. The van der Waals surface area contributed by atoms with Gasteiger partial charge in [-0.25, -0.2) is 4.39 Å². The summed E-state index contributed by atoms with van der Waals surface area (Å²) in [4.78, 5) is 11.7. The molecule has 0 atom stereocenters. The molecule has 1 saturated carbocycles. The minimum absolute atomic E-state index is 0.0126. The molecule has 0 spiro atoms. The van der Waals surface area contributed by atoms with E-state index in [0.29, 0.717) is 6.42 Å². The highest BCUT2D eigenvalue weighted by Gasteiger charge is 2.14. The minimum Gasteiger partial charge on any atom is -0.355 e. The highest BCUT2D eigenvalue weighted by Crippen LogP contribution is 2.28. The fourth-order valence-corrected chi connectivity index (χ4v) is 3.54. The Morgan fingerprint density at radius 3 is 2.63 bits per heavy atom. The Kier molecular flexibility index (Phi) is 5.70. The molecule has 19 heavy (non-hydrogen) atoms. The van der Waals surface area contributed by atoms with Crippen LogP contribution >= 0.6 is 11.8 Å². The SMILES string of the molecule is O=C(Cc1ccc(F)cc1)NCCSC1CCCC1. The van der Waals surface area contributed by atoms with Crippen molar-refractivity contribution < 1.29 is 9.18 Å². The molecule has 1 aliphatic carbocycles. The van der Waals surface area contributed by atoms with Gasteiger partial charge in [0.1, 0.15) is 5.82 Å². The lowest BCUT2D eigenvalue weighted by molar-refractivity contribution is -0.120. The van der Waals surface area contributed by atoms with E-state index in [2.05, 4.69) is 5.32 Å². The van der Waals surface area contributed by atoms with Crippen LogP contribution in [0.3, 0.4) is 0 Å². The van der Waals surface area contributed by atoms with E-state index in [4.69, 9.17) is 0 Å². The van der Waals surface area contributed by atoms with Crippen LogP contribution in [-0.2, 0) is 11.2 Å². The van der Waals surface area contributed by atoms with Gasteiger partial charge in [0.15, 0.2) is 0 Å². The Morgan fingerprint density at radius 2 is 1.95 bits per heavy atom. The maximum atomic E-state index is 12.7. The van der Waals surface area contributed by atoms with Gasteiger partial charge >= 0.3 is 0 Å². The molecule has 1 fully saturated rings. The molecule has 1 amide bonds. The largest absolute Gasteiger partial charge is 0.355 e. The average Bonchev–Trinajstić information content (AvgIpc) is 2.91. The third-order valence-electron chi connectivity index (χ3n) is 3.36.